The third-order valence-electron chi connectivity index (χ3n) is 5.04. The Hall–Kier alpha value is -2.30. The summed E-state index contributed by atoms with van der Waals surface area (Å²) in [4.78, 5) is 19.4. The normalized spacial score (nSPS) is 17.1. The van der Waals surface area contributed by atoms with Gasteiger partial charge in [0.15, 0.2) is 0 Å². The van der Waals surface area contributed by atoms with E-state index in [0.29, 0.717) is 12.3 Å². The number of rotatable bonds is 6. The largest absolute Gasteiger partial charge is 0.497 e. The Bertz CT molecular complexity index is 749. The summed E-state index contributed by atoms with van der Waals surface area (Å²) < 4.78 is 7.49. The van der Waals surface area contributed by atoms with Gasteiger partial charge in [-0.15, -0.1) is 0 Å². The Morgan fingerprint density at radius 2 is 2.04 bits per heavy atom. The monoisotopic (exact) mass is 355 g/mol. The van der Waals surface area contributed by atoms with E-state index in [9.17, 15) is 4.79 Å². The fourth-order valence-electron chi connectivity index (χ4n) is 3.66. The number of nitrogens with zero attached hydrogens (tertiary/aromatic N) is 3. The molecule has 0 bridgehead atoms. The van der Waals surface area contributed by atoms with E-state index in [2.05, 4.69) is 42.5 Å². The first-order chi connectivity index (χ1) is 12.5. The van der Waals surface area contributed by atoms with Crippen LogP contribution in [0, 0.1) is 12.8 Å². The minimum Gasteiger partial charge on any atom is -0.497 e. The second-order valence-corrected chi connectivity index (χ2v) is 7.54. The van der Waals surface area contributed by atoms with E-state index in [1.807, 2.05) is 23.2 Å². The van der Waals surface area contributed by atoms with Crippen LogP contribution in [-0.4, -0.2) is 34.0 Å². The quantitative estimate of drug-likeness (QED) is 0.788. The minimum absolute atomic E-state index is 0.0909. The molecule has 0 aliphatic carbocycles. The average Bonchev–Trinajstić information content (AvgIpc) is 3.22. The molecule has 2 heterocycles. The smallest absolute Gasteiger partial charge is 0.223 e. The highest BCUT2D eigenvalue weighted by atomic mass is 16.5. The van der Waals surface area contributed by atoms with Gasteiger partial charge in [0, 0.05) is 31.4 Å². The van der Waals surface area contributed by atoms with Crippen LogP contribution < -0.4 is 4.74 Å². The maximum absolute atomic E-state index is 12.7. The Labute approximate surface area is 156 Å². The van der Waals surface area contributed by atoms with Crippen molar-refractivity contribution in [2.75, 3.05) is 13.7 Å². The summed E-state index contributed by atoms with van der Waals surface area (Å²) in [7, 11) is 1.68. The third-order valence-corrected chi connectivity index (χ3v) is 5.04. The van der Waals surface area contributed by atoms with Crippen LogP contribution in [0.25, 0.3) is 0 Å². The van der Waals surface area contributed by atoms with Gasteiger partial charge in [-0.3, -0.25) is 4.79 Å². The summed E-state index contributed by atoms with van der Waals surface area (Å²) in [6.45, 7) is 7.86. The van der Waals surface area contributed by atoms with E-state index < -0.39 is 0 Å². The molecule has 0 radical (unpaired) electrons. The van der Waals surface area contributed by atoms with Gasteiger partial charge in [-0.25, -0.2) is 4.98 Å². The molecule has 1 amide bonds. The molecule has 1 unspecified atom stereocenters. The van der Waals surface area contributed by atoms with Crippen LogP contribution in [0.3, 0.4) is 0 Å². The van der Waals surface area contributed by atoms with Crippen LogP contribution in [0.15, 0.2) is 30.5 Å². The van der Waals surface area contributed by atoms with E-state index in [-0.39, 0.29) is 11.9 Å². The number of benzene rings is 1. The Balaban J connectivity index is 1.83. The summed E-state index contributed by atoms with van der Waals surface area (Å²) >= 11 is 0. The SMILES string of the molecule is COc1ccc(Cn2c(C)cnc2C2CCCN2C(=O)CC(C)C)cc1. The Kier molecular flexibility index (Phi) is 5.64. The first-order valence-corrected chi connectivity index (χ1v) is 9.44. The zero-order chi connectivity index (χ0) is 18.7. The number of ether oxygens (including phenoxy) is 1. The predicted molar refractivity (Wildman–Crippen MR) is 102 cm³/mol. The van der Waals surface area contributed by atoms with E-state index in [0.717, 1.165) is 43.2 Å². The minimum atomic E-state index is 0.0909. The first-order valence-electron chi connectivity index (χ1n) is 9.44. The average molecular weight is 355 g/mol. The number of amides is 1. The molecule has 1 aromatic heterocycles. The van der Waals surface area contributed by atoms with Crippen molar-refractivity contribution >= 4 is 5.91 Å². The van der Waals surface area contributed by atoms with Gasteiger partial charge in [0.2, 0.25) is 5.91 Å². The molecule has 1 fully saturated rings. The first kappa shape index (κ1) is 18.5. The van der Waals surface area contributed by atoms with Crippen molar-refractivity contribution in [2.24, 2.45) is 5.92 Å². The van der Waals surface area contributed by atoms with E-state index in [4.69, 9.17) is 4.74 Å². The molecule has 0 N–H and O–H groups in total. The fourth-order valence-corrected chi connectivity index (χ4v) is 3.66. The molecular formula is C21H29N3O2. The van der Waals surface area contributed by atoms with Crippen LogP contribution in [0.4, 0.5) is 0 Å². The van der Waals surface area contributed by atoms with Crippen LogP contribution >= 0.6 is 0 Å². The lowest BCUT2D eigenvalue weighted by molar-refractivity contribution is -0.133. The molecule has 1 saturated heterocycles. The number of carbonyl (C=O) groups excluding carboxylic acids is 1. The molecule has 1 aliphatic heterocycles. The molecule has 140 valence electrons. The van der Waals surface area contributed by atoms with Gasteiger partial charge >= 0.3 is 0 Å². The zero-order valence-electron chi connectivity index (χ0n) is 16.2. The van der Waals surface area contributed by atoms with Gasteiger partial charge < -0.3 is 14.2 Å². The molecule has 1 atom stereocenters. The maximum Gasteiger partial charge on any atom is 0.223 e. The molecule has 5 nitrogen and oxygen atoms in total. The van der Waals surface area contributed by atoms with Crippen LogP contribution in [0.5, 0.6) is 5.75 Å². The van der Waals surface area contributed by atoms with E-state index in [1.165, 1.54) is 5.56 Å². The standard InChI is InChI=1S/C21H29N3O2/c1-15(2)12-20(25)23-11-5-6-19(23)21-22-13-16(3)24(21)14-17-7-9-18(26-4)10-8-17/h7-10,13,15,19H,5-6,11-12,14H2,1-4H3. The Morgan fingerprint density at radius 1 is 1.31 bits per heavy atom. The topological polar surface area (TPSA) is 47.4 Å². The van der Waals surface area contributed by atoms with Crippen molar-refractivity contribution in [2.45, 2.75) is 52.6 Å². The number of imidazole rings is 1. The fraction of sp³-hybridized carbons (Fsp3) is 0.524. The molecule has 1 aromatic carbocycles. The number of methoxy groups -OCH3 is 1. The number of carbonyl (C=O) groups is 1. The Morgan fingerprint density at radius 3 is 2.69 bits per heavy atom. The zero-order valence-corrected chi connectivity index (χ0v) is 16.2. The number of hydrogen-bond donors (Lipinski definition) is 0. The van der Waals surface area contributed by atoms with Crippen LogP contribution in [0.1, 0.15) is 56.2 Å². The summed E-state index contributed by atoms with van der Waals surface area (Å²) in [6.07, 6.45) is 4.56. The lowest BCUT2D eigenvalue weighted by Crippen LogP contribution is -2.32. The van der Waals surface area contributed by atoms with Crippen molar-refractivity contribution in [3.63, 3.8) is 0 Å². The molecule has 1 aliphatic rings. The van der Waals surface area contributed by atoms with Gasteiger partial charge in [0.1, 0.15) is 11.6 Å². The van der Waals surface area contributed by atoms with E-state index >= 15 is 0 Å². The van der Waals surface area contributed by atoms with Gasteiger partial charge in [-0.05, 0) is 43.4 Å². The molecular weight excluding hydrogens is 326 g/mol. The van der Waals surface area contributed by atoms with Crippen molar-refractivity contribution in [3.05, 3.63) is 47.5 Å². The molecule has 3 rings (SSSR count). The maximum atomic E-state index is 12.7. The highest BCUT2D eigenvalue weighted by Gasteiger charge is 2.33. The van der Waals surface area contributed by atoms with Crippen LogP contribution in [0.2, 0.25) is 0 Å². The number of aromatic nitrogens is 2. The van der Waals surface area contributed by atoms with E-state index in [1.54, 1.807) is 7.11 Å². The summed E-state index contributed by atoms with van der Waals surface area (Å²) in [6, 6.07) is 8.22. The third kappa shape index (κ3) is 3.92. The second kappa shape index (κ2) is 7.94. The van der Waals surface area contributed by atoms with Gasteiger partial charge in [-0.2, -0.15) is 0 Å². The summed E-state index contributed by atoms with van der Waals surface area (Å²) in [5, 5.41) is 0. The van der Waals surface area contributed by atoms with Gasteiger partial charge in [0.25, 0.3) is 0 Å². The predicted octanol–water partition coefficient (Wildman–Crippen LogP) is 3.96. The van der Waals surface area contributed by atoms with Crippen molar-refractivity contribution in [1.29, 1.82) is 0 Å². The second-order valence-electron chi connectivity index (χ2n) is 7.54. The number of aryl methyl sites for hydroxylation is 1. The number of likely N-dealkylation sites (tertiary alicyclic amines) is 1. The lowest BCUT2D eigenvalue weighted by atomic mass is 10.1. The highest BCUT2D eigenvalue weighted by molar-refractivity contribution is 5.77. The van der Waals surface area contributed by atoms with Gasteiger partial charge in [-0.1, -0.05) is 26.0 Å². The highest BCUT2D eigenvalue weighted by Crippen LogP contribution is 2.33. The van der Waals surface area contributed by atoms with Crippen molar-refractivity contribution in [1.82, 2.24) is 14.5 Å². The van der Waals surface area contributed by atoms with Crippen molar-refractivity contribution < 1.29 is 9.53 Å². The molecule has 2 aromatic rings. The molecule has 26 heavy (non-hydrogen) atoms. The molecule has 0 spiro atoms. The number of hydrogen-bond acceptors (Lipinski definition) is 3. The summed E-state index contributed by atoms with van der Waals surface area (Å²) in [5.41, 5.74) is 2.32. The molecule has 5 heteroatoms. The summed E-state index contributed by atoms with van der Waals surface area (Å²) in [5.74, 6) is 2.49. The molecule has 0 saturated carbocycles. The lowest BCUT2D eigenvalue weighted by Gasteiger charge is -2.26. The van der Waals surface area contributed by atoms with Crippen molar-refractivity contribution in [3.8, 4) is 5.75 Å². The van der Waals surface area contributed by atoms with Crippen LogP contribution in [-0.2, 0) is 11.3 Å². The van der Waals surface area contributed by atoms with Gasteiger partial charge in [0.05, 0.1) is 13.2 Å².